The molecule has 3 N–H and O–H groups in total. The maximum Gasteiger partial charge on any atom is 0.329 e. The van der Waals surface area contributed by atoms with Crippen LogP contribution in [0, 0.1) is 0 Å². The predicted octanol–water partition coefficient (Wildman–Crippen LogP) is 0.250. The summed E-state index contributed by atoms with van der Waals surface area (Å²) >= 11 is 0. The van der Waals surface area contributed by atoms with Gasteiger partial charge < -0.3 is 20.5 Å². The van der Waals surface area contributed by atoms with Crippen molar-refractivity contribution in [3.8, 4) is 0 Å². The average molecular weight is 279 g/mol. The quantitative estimate of drug-likeness (QED) is 0.800. The van der Waals surface area contributed by atoms with E-state index in [2.05, 4.69) is 4.98 Å². The minimum atomic E-state index is -0.955. The van der Waals surface area contributed by atoms with Gasteiger partial charge in [0.25, 0.3) is 0 Å². The molecule has 2 heterocycles. The molecule has 108 valence electrons. The molecular weight excluding hydrogens is 262 g/mol. The number of carboxylic acid groups (broad SMARTS) is 1. The van der Waals surface area contributed by atoms with E-state index in [1.54, 1.807) is 18.3 Å². The van der Waals surface area contributed by atoms with Gasteiger partial charge in [-0.2, -0.15) is 0 Å². The Morgan fingerprint density at radius 2 is 2.15 bits per heavy atom. The van der Waals surface area contributed by atoms with Crippen molar-refractivity contribution in [3.63, 3.8) is 0 Å². The van der Waals surface area contributed by atoms with Gasteiger partial charge in [-0.1, -0.05) is 0 Å². The highest BCUT2D eigenvalue weighted by Crippen LogP contribution is 2.20. The second-order valence-corrected chi connectivity index (χ2v) is 4.66. The lowest BCUT2D eigenvalue weighted by molar-refractivity contribution is -0.144. The average Bonchev–Trinajstić information content (AvgIpc) is 2.46. The van der Waals surface area contributed by atoms with Crippen LogP contribution in [0.5, 0.6) is 0 Å². The number of nitrogens with two attached hydrogens (primary N) is 1. The van der Waals surface area contributed by atoms with E-state index in [9.17, 15) is 9.59 Å². The number of nitrogens with zero attached hydrogens (tertiary/aromatic N) is 2. The fourth-order valence-corrected chi connectivity index (χ4v) is 2.19. The number of aliphatic carboxylic acids is 1. The van der Waals surface area contributed by atoms with Crippen molar-refractivity contribution >= 4 is 17.7 Å². The summed E-state index contributed by atoms with van der Waals surface area (Å²) in [6.07, 6.45) is 2.98. The van der Waals surface area contributed by atoms with Gasteiger partial charge in [0.15, 0.2) is 0 Å². The third-order valence-electron chi connectivity index (χ3n) is 3.24. The van der Waals surface area contributed by atoms with E-state index < -0.39 is 11.9 Å². The normalized spacial score (nSPS) is 16.1. The highest BCUT2D eigenvalue weighted by Gasteiger charge is 2.21. The number of rotatable bonds is 5. The van der Waals surface area contributed by atoms with Gasteiger partial charge in [0.1, 0.15) is 12.4 Å². The van der Waals surface area contributed by atoms with Gasteiger partial charge in [-0.15, -0.1) is 0 Å². The number of hydrogen-bond acceptors (Lipinski definition) is 5. The third kappa shape index (κ3) is 3.67. The van der Waals surface area contributed by atoms with Crippen LogP contribution in [-0.2, 0) is 9.53 Å². The fourth-order valence-electron chi connectivity index (χ4n) is 2.19. The number of hydrogen-bond donors (Lipinski definition) is 2. The Morgan fingerprint density at radius 1 is 1.45 bits per heavy atom. The second kappa shape index (κ2) is 6.33. The standard InChI is InChI=1S/C13H17N3O4/c14-13(19)9-1-4-15-11(7-9)16-5-2-10(3-6-16)20-8-12(17)18/h1,4,7,10H,2-3,5-6,8H2,(H2,14,19)(H,17,18). The van der Waals surface area contributed by atoms with Crippen LogP contribution in [0.3, 0.4) is 0 Å². The molecule has 1 aliphatic rings. The molecule has 1 saturated heterocycles. The number of aromatic nitrogens is 1. The van der Waals surface area contributed by atoms with E-state index >= 15 is 0 Å². The zero-order valence-corrected chi connectivity index (χ0v) is 11.0. The molecule has 0 radical (unpaired) electrons. The molecule has 1 aliphatic heterocycles. The lowest BCUT2D eigenvalue weighted by atomic mass is 10.1. The molecule has 20 heavy (non-hydrogen) atoms. The summed E-state index contributed by atoms with van der Waals surface area (Å²) < 4.78 is 5.27. The number of anilines is 1. The molecule has 1 amide bonds. The molecule has 2 rings (SSSR count). The van der Waals surface area contributed by atoms with Crippen molar-refractivity contribution in [2.24, 2.45) is 5.73 Å². The van der Waals surface area contributed by atoms with Crippen molar-refractivity contribution in [2.45, 2.75) is 18.9 Å². The largest absolute Gasteiger partial charge is 0.480 e. The Balaban J connectivity index is 1.92. The van der Waals surface area contributed by atoms with Crippen LogP contribution >= 0.6 is 0 Å². The van der Waals surface area contributed by atoms with E-state index in [1.807, 2.05) is 4.90 Å². The Morgan fingerprint density at radius 3 is 2.75 bits per heavy atom. The van der Waals surface area contributed by atoms with Gasteiger partial charge in [-0.05, 0) is 25.0 Å². The second-order valence-electron chi connectivity index (χ2n) is 4.66. The maximum atomic E-state index is 11.1. The summed E-state index contributed by atoms with van der Waals surface area (Å²) in [5.74, 6) is -0.727. The molecule has 0 unspecified atom stereocenters. The monoisotopic (exact) mass is 279 g/mol. The van der Waals surface area contributed by atoms with Crippen LogP contribution in [0.2, 0.25) is 0 Å². The van der Waals surface area contributed by atoms with Gasteiger partial charge in [0.2, 0.25) is 5.91 Å². The Hall–Kier alpha value is -2.15. The predicted molar refractivity (Wildman–Crippen MR) is 71.6 cm³/mol. The summed E-state index contributed by atoms with van der Waals surface area (Å²) in [5.41, 5.74) is 5.67. The molecule has 0 bridgehead atoms. The molecule has 0 spiro atoms. The molecule has 0 aliphatic carbocycles. The Bertz CT molecular complexity index is 498. The number of primary amides is 1. The van der Waals surface area contributed by atoms with E-state index in [0.717, 1.165) is 12.8 Å². The summed E-state index contributed by atoms with van der Waals surface area (Å²) in [7, 11) is 0. The summed E-state index contributed by atoms with van der Waals surface area (Å²) in [5, 5.41) is 8.57. The molecule has 0 aromatic carbocycles. The van der Waals surface area contributed by atoms with Crippen LogP contribution in [0.25, 0.3) is 0 Å². The number of piperidine rings is 1. The van der Waals surface area contributed by atoms with Gasteiger partial charge in [-0.25, -0.2) is 9.78 Å². The topological polar surface area (TPSA) is 106 Å². The number of amides is 1. The summed E-state index contributed by atoms with van der Waals surface area (Å²) in [4.78, 5) is 27.8. The third-order valence-corrected chi connectivity index (χ3v) is 3.24. The first-order valence-electron chi connectivity index (χ1n) is 6.40. The first-order valence-corrected chi connectivity index (χ1v) is 6.40. The smallest absolute Gasteiger partial charge is 0.329 e. The molecular formula is C13H17N3O4. The SMILES string of the molecule is NC(=O)c1ccnc(N2CCC(OCC(=O)O)CC2)c1. The number of carbonyl (C=O) groups excluding carboxylic acids is 1. The van der Waals surface area contributed by atoms with E-state index in [0.29, 0.717) is 24.5 Å². The van der Waals surface area contributed by atoms with E-state index in [-0.39, 0.29) is 12.7 Å². The van der Waals surface area contributed by atoms with Gasteiger partial charge in [-0.3, -0.25) is 4.79 Å². The maximum absolute atomic E-state index is 11.1. The fraction of sp³-hybridized carbons (Fsp3) is 0.462. The van der Waals surface area contributed by atoms with Crippen LogP contribution in [0.4, 0.5) is 5.82 Å². The van der Waals surface area contributed by atoms with Crippen LogP contribution in [-0.4, -0.2) is 47.8 Å². The number of carbonyl (C=O) groups is 2. The van der Waals surface area contributed by atoms with Crippen LogP contribution < -0.4 is 10.6 Å². The number of ether oxygens (including phenoxy) is 1. The molecule has 7 nitrogen and oxygen atoms in total. The lowest BCUT2D eigenvalue weighted by Gasteiger charge is -2.32. The molecule has 1 aromatic heterocycles. The number of carboxylic acids is 1. The van der Waals surface area contributed by atoms with Gasteiger partial charge in [0.05, 0.1) is 6.10 Å². The molecule has 1 fully saturated rings. The van der Waals surface area contributed by atoms with Gasteiger partial charge in [0, 0.05) is 24.8 Å². The first kappa shape index (κ1) is 14.3. The van der Waals surface area contributed by atoms with Crippen LogP contribution in [0.1, 0.15) is 23.2 Å². The van der Waals surface area contributed by atoms with Crippen molar-refractivity contribution in [1.29, 1.82) is 0 Å². The summed E-state index contributed by atoms with van der Waals surface area (Å²) in [6.45, 7) is 1.15. The van der Waals surface area contributed by atoms with Crippen molar-refractivity contribution < 1.29 is 19.4 Å². The zero-order valence-electron chi connectivity index (χ0n) is 11.0. The molecule has 1 aromatic rings. The van der Waals surface area contributed by atoms with E-state index in [4.69, 9.17) is 15.6 Å². The summed E-state index contributed by atoms with van der Waals surface area (Å²) in [6, 6.07) is 3.25. The van der Waals surface area contributed by atoms with Crippen molar-refractivity contribution in [1.82, 2.24) is 4.98 Å². The molecule has 0 atom stereocenters. The van der Waals surface area contributed by atoms with Gasteiger partial charge >= 0.3 is 5.97 Å². The number of pyridine rings is 1. The molecule has 0 saturated carbocycles. The van der Waals surface area contributed by atoms with E-state index in [1.165, 1.54) is 0 Å². The Kier molecular flexibility index (Phi) is 4.52. The first-order chi connectivity index (χ1) is 9.56. The minimum absolute atomic E-state index is 0.0401. The van der Waals surface area contributed by atoms with Crippen molar-refractivity contribution in [3.05, 3.63) is 23.9 Å². The molecule has 7 heteroatoms. The minimum Gasteiger partial charge on any atom is -0.480 e. The van der Waals surface area contributed by atoms with Crippen LogP contribution in [0.15, 0.2) is 18.3 Å². The highest BCUT2D eigenvalue weighted by molar-refractivity contribution is 5.93. The Labute approximate surface area is 116 Å². The van der Waals surface area contributed by atoms with Crippen molar-refractivity contribution in [2.75, 3.05) is 24.6 Å². The highest BCUT2D eigenvalue weighted by atomic mass is 16.5. The lowest BCUT2D eigenvalue weighted by Crippen LogP contribution is -2.38. The zero-order chi connectivity index (χ0) is 14.5.